The number of rotatable bonds is 3. The molecule has 1 fully saturated rings. The van der Waals surface area contributed by atoms with Crippen LogP contribution in [0.15, 0.2) is 12.1 Å². The molecule has 0 spiro atoms. The van der Waals surface area contributed by atoms with E-state index in [1.165, 1.54) is 19.2 Å². The van der Waals surface area contributed by atoms with E-state index in [9.17, 15) is 9.18 Å². The molecule has 0 amide bonds. The van der Waals surface area contributed by atoms with Crippen LogP contribution in [0.2, 0.25) is 0 Å². The van der Waals surface area contributed by atoms with Gasteiger partial charge in [0, 0.05) is 6.54 Å². The summed E-state index contributed by atoms with van der Waals surface area (Å²) in [5, 5.41) is 12.2. The number of ether oxygens (including phenoxy) is 1. The van der Waals surface area contributed by atoms with Crippen LogP contribution in [0.3, 0.4) is 0 Å². The molecule has 0 aliphatic carbocycles. The van der Waals surface area contributed by atoms with E-state index in [1.807, 2.05) is 0 Å². The van der Waals surface area contributed by atoms with Crippen LogP contribution >= 0.6 is 0 Å². The van der Waals surface area contributed by atoms with Gasteiger partial charge in [-0.15, -0.1) is 0 Å². The first-order valence-electron chi connectivity index (χ1n) is 5.45. The molecule has 1 unspecified atom stereocenters. The average Bonchev–Trinajstić information content (AvgIpc) is 2.81. The molecule has 1 heterocycles. The van der Waals surface area contributed by atoms with Crippen LogP contribution in [0.25, 0.3) is 0 Å². The molecular weight excluding hydrogens is 225 g/mol. The third-order valence-electron chi connectivity index (χ3n) is 3.03. The minimum atomic E-state index is -1.17. The van der Waals surface area contributed by atoms with E-state index in [0.717, 1.165) is 19.5 Å². The molecule has 2 rings (SSSR count). The van der Waals surface area contributed by atoms with Crippen LogP contribution in [0.5, 0.6) is 5.75 Å². The van der Waals surface area contributed by atoms with Crippen molar-refractivity contribution in [2.45, 2.75) is 12.3 Å². The molecule has 1 aromatic rings. The molecule has 2 N–H and O–H groups in total. The summed E-state index contributed by atoms with van der Waals surface area (Å²) in [6.07, 6.45) is 0.894. The Morgan fingerprint density at radius 2 is 2.35 bits per heavy atom. The lowest BCUT2D eigenvalue weighted by molar-refractivity contribution is 0.0692. The number of hydrogen-bond acceptors (Lipinski definition) is 3. The average molecular weight is 239 g/mol. The fourth-order valence-corrected chi connectivity index (χ4v) is 2.16. The van der Waals surface area contributed by atoms with Gasteiger partial charge in [0.1, 0.15) is 5.56 Å². The van der Waals surface area contributed by atoms with E-state index in [1.54, 1.807) is 0 Å². The van der Waals surface area contributed by atoms with E-state index >= 15 is 0 Å². The molecule has 4 nitrogen and oxygen atoms in total. The minimum Gasteiger partial charge on any atom is -0.493 e. The molecule has 1 aliphatic heterocycles. The minimum absolute atomic E-state index is 0.116. The van der Waals surface area contributed by atoms with Crippen molar-refractivity contribution in [3.8, 4) is 5.75 Å². The zero-order chi connectivity index (χ0) is 12.4. The van der Waals surface area contributed by atoms with Crippen LogP contribution in [-0.4, -0.2) is 31.3 Å². The molecule has 0 saturated carbocycles. The number of aromatic carboxylic acids is 1. The van der Waals surface area contributed by atoms with E-state index in [-0.39, 0.29) is 17.2 Å². The lowest BCUT2D eigenvalue weighted by atomic mass is 9.96. The number of carboxylic acids is 1. The van der Waals surface area contributed by atoms with E-state index in [4.69, 9.17) is 9.84 Å². The number of nitrogens with one attached hydrogen (secondary N) is 1. The first-order chi connectivity index (χ1) is 8.13. The maximum Gasteiger partial charge on any atom is 0.339 e. The quantitative estimate of drug-likeness (QED) is 0.841. The van der Waals surface area contributed by atoms with Crippen molar-refractivity contribution < 1.29 is 19.0 Å². The molecule has 17 heavy (non-hydrogen) atoms. The third-order valence-corrected chi connectivity index (χ3v) is 3.03. The molecule has 1 atom stereocenters. The predicted molar refractivity (Wildman–Crippen MR) is 60.1 cm³/mol. The Morgan fingerprint density at radius 1 is 1.59 bits per heavy atom. The van der Waals surface area contributed by atoms with E-state index < -0.39 is 11.8 Å². The number of carbonyl (C=O) groups is 1. The second-order valence-corrected chi connectivity index (χ2v) is 4.08. The number of halogens is 1. The van der Waals surface area contributed by atoms with Crippen LogP contribution < -0.4 is 10.1 Å². The molecule has 1 saturated heterocycles. The lowest BCUT2D eigenvalue weighted by Gasteiger charge is -2.13. The highest BCUT2D eigenvalue weighted by atomic mass is 19.1. The molecule has 92 valence electrons. The molecule has 1 aliphatic rings. The van der Waals surface area contributed by atoms with Crippen LogP contribution in [0.4, 0.5) is 4.39 Å². The summed E-state index contributed by atoms with van der Waals surface area (Å²) in [7, 11) is 1.27. The van der Waals surface area contributed by atoms with Gasteiger partial charge >= 0.3 is 5.97 Å². The normalized spacial score (nSPS) is 19.3. The topological polar surface area (TPSA) is 58.6 Å². The SMILES string of the molecule is COc1c(F)cc(C2CCNC2)cc1C(=O)O. The van der Waals surface area contributed by atoms with Gasteiger partial charge in [-0.1, -0.05) is 0 Å². The van der Waals surface area contributed by atoms with Crippen LogP contribution in [0, 0.1) is 5.82 Å². The fraction of sp³-hybridized carbons (Fsp3) is 0.417. The second kappa shape index (κ2) is 4.71. The zero-order valence-electron chi connectivity index (χ0n) is 9.50. The Kier molecular flexibility index (Phi) is 3.28. The highest BCUT2D eigenvalue weighted by molar-refractivity contribution is 5.91. The number of carboxylic acid groups (broad SMARTS) is 1. The van der Waals surface area contributed by atoms with Gasteiger partial charge < -0.3 is 15.2 Å². The first-order valence-corrected chi connectivity index (χ1v) is 5.45. The van der Waals surface area contributed by atoms with Crippen molar-refractivity contribution in [3.63, 3.8) is 0 Å². The third kappa shape index (κ3) is 2.24. The fourth-order valence-electron chi connectivity index (χ4n) is 2.16. The molecule has 0 bridgehead atoms. The largest absolute Gasteiger partial charge is 0.493 e. The van der Waals surface area contributed by atoms with Gasteiger partial charge in [-0.05, 0) is 36.6 Å². The molecular formula is C12H14FNO3. The van der Waals surface area contributed by atoms with E-state index in [2.05, 4.69) is 5.32 Å². The second-order valence-electron chi connectivity index (χ2n) is 4.08. The van der Waals surface area contributed by atoms with Crippen molar-refractivity contribution >= 4 is 5.97 Å². The summed E-state index contributed by atoms with van der Waals surface area (Å²) in [5.41, 5.74) is 0.597. The highest BCUT2D eigenvalue weighted by Gasteiger charge is 2.22. The molecule has 0 radical (unpaired) electrons. The Balaban J connectivity index is 2.45. The standard InChI is InChI=1S/C12H14FNO3/c1-17-11-9(12(15)16)4-8(5-10(11)13)7-2-3-14-6-7/h4-5,7,14H,2-3,6H2,1H3,(H,15,16). The summed E-state index contributed by atoms with van der Waals surface area (Å²) in [6, 6.07) is 2.87. The predicted octanol–water partition coefficient (Wildman–Crippen LogP) is 1.61. The van der Waals surface area contributed by atoms with Crippen molar-refractivity contribution in [2.24, 2.45) is 0 Å². The van der Waals surface area contributed by atoms with Gasteiger partial charge in [-0.3, -0.25) is 0 Å². The summed E-state index contributed by atoms with van der Waals surface area (Å²) in [6.45, 7) is 1.63. The van der Waals surface area contributed by atoms with Gasteiger partial charge in [0.25, 0.3) is 0 Å². The summed E-state index contributed by atoms with van der Waals surface area (Å²) < 4.78 is 18.5. The maximum absolute atomic E-state index is 13.7. The Morgan fingerprint density at radius 3 is 2.88 bits per heavy atom. The van der Waals surface area contributed by atoms with E-state index in [0.29, 0.717) is 5.56 Å². The molecule has 1 aromatic carbocycles. The summed E-state index contributed by atoms with van der Waals surface area (Å²) >= 11 is 0. The Labute approximate surface area is 98.4 Å². The van der Waals surface area contributed by atoms with Gasteiger partial charge in [0.15, 0.2) is 11.6 Å². The van der Waals surface area contributed by atoms with Crippen molar-refractivity contribution in [3.05, 3.63) is 29.1 Å². The van der Waals surface area contributed by atoms with Gasteiger partial charge in [-0.2, -0.15) is 0 Å². The van der Waals surface area contributed by atoms with Crippen molar-refractivity contribution in [1.29, 1.82) is 0 Å². The molecule has 0 aromatic heterocycles. The number of methoxy groups -OCH3 is 1. The van der Waals surface area contributed by atoms with Crippen molar-refractivity contribution in [2.75, 3.05) is 20.2 Å². The van der Waals surface area contributed by atoms with Crippen molar-refractivity contribution in [1.82, 2.24) is 5.32 Å². The van der Waals surface area contributed by atoms with Gasteiger partial charge in [-0.25, -0.2) is 9.18 Å². The zero-order valence-corrected chi connectivity index (χ0v) is 9.50. The number of hydrogen-bond donors (Lipinski definition) is 2. The number of benzene rings is 1. The van der Waals surface area contributed by atoms with Crippen LogP contribution in [0.1, 0.15) is 28.3 Å². The first kappa shape index (κ1) is 11.9. The smallest absolute Gasteiger partial charge is 0.339 e. The maximum atomic E-state index is 13.7. The van der Waals surface area contributed by atoms with Gasteiger partial charge in [0.2, 0.25) is 0 Å². The Bertz CT molecular complexity index is 442. The summed E-state index contributed by atoms with van der Waals surface area (Å²) in [4.78, 5) is 11.0. The lowest BCUT2D eigenvalue weighted by Crippen LogP contribution is -2.10. The Hall–Kier alpha value is -1.62. The summed E-state index contributed by atoms with van der Waals surface area (Å²) in [5.74, 6) is -1.82. The molecule has 5 heteroatoms. The monoisotopic (exact) mass is 239 g/mol. The van der Waals surface area contributed by atoms with Crippen LogP contribution in [-0.2, 0) is 0 Å². The van der Waals surface area contributed by atoms with Gasteiger partial charge in [0.05, 0.1) is 7.11 Å². The highest BCUT2D eigenvalue weighted by Crippen LogP contribution is 2.30.